The molecule has 128 valence electrons. The normalized spacial score (nSPS) is 10.6. The molecular formula is C19H17FN2OS2. The van der Waals surface area contributed by atoms with Gasteiger partial charge in [-0.3, -0.25) is 4.79 Å². The maximum atomic E-state index is 13.5. The van der Waals surface area contributed by atoms with Gasteiger partial charge < -0.3 is 5.32 Å². The molecule has 0 fully saturated rings. The Morgan fingerprint density at radius 1 is 1.12 bits per heavy atom. The molecule has 2 aromatic carbocycles. The quantitative estimate of drug-likeness (QED) is 0.609. The number of amides is 1. The van der Waals surface area contributed by atoms with Crippen molar-refractivity contribution in [3.05, 3.63) is 71.5 Å². The van der Waals surface area contributed by atoms with Gasteiger partial charge in [0, 0.05) is 28.0 Å². The average Bonchev–Trinajstić information content (AvgIpc) is 3.11. The van der Waals surface area contributed by atoms with Crippen LogP contribution in [-0.2, 0) is 11.3 Å². The number of hydrogen-bond donors (Lipinski definition) is 1. The smallest absolute Gasteiger partial charge is 0.221 e. The van der Waals surface area contributed by atoms with Gasteiger partial charge in [-0.15, -0.1) is 23.1 Å². The molecule has 1 aromatic heterocycles. The highest BCUT2D eigenvalue weighted by atomic mass is 32.2. The van der Waals surface area contributed by atoms with Gasteiger partial charge in [0.1, 0.15) is 10.8 Å². The van der Waals surface area contributed by atoms with Gasteiger partial charge in [0.2, 0.25) is 5.91 Å². The van der Waals surface area contributed by atoms with Crippen LogP contribution in [0.5, 0.6) is 0 Å². The highest BCUT2D eigenvalue weighted by Gasteiger charge is 2.07. The first-order valence-electron chi connectivity index (χ1n) is 7.86. The number of hydrogen-bond acceptors (Lipinski definition) is 4. The van der Waals surface area contributed by atoms with E-state index < -0.39 is 0 Å². The summed E-state index contributed by atoms with van der Waals surface area (Å²) in [4.78, 5) is 17.0. The van der Waals surface area contributed by atoms with Crippen LogP contribution in [0.25, 0.3) is 10.6 Å². The van der Waals surface area contributed by atoms with Crippen molar-refractivity contribution in [1.29, 1.82) is 0 Å². The minimum Gasteiger partial charge on any atom is -0.350 e. The Bertz CT molecular complexity index is 836. The van der Waals surface area contributed by atoms with E-state index in [1.807, 2.05) is 35.7 Å². The summed E-state index contributed by atoms with van der Waals surface area (Å²) in [7, 11) is 0. The third-order valence-corrected chi connectivity index (χ3v) is 5.45. The van der Waals surface area contributed by atoms with Crippen molar-refractivity contribution in [2.75, 3.05) is 5.75 Å². The fourth-order valence-electron chi connectivity index (χ4n) is 2.19. The molecule has 1 heterocycles. The molecule has 0 spiro atoms. The zero-order chi connectivity index (χ0) is 17.5. The summed E-state index contributed by atoms with van der Waals surface area (Å²) in [6.07, 6.45) is 0.342. The molecule has 0 saturated heterocycles. The number of nitrogens with zero attached hydrogens (tertiary/aromatic N) is 1. The molecular weight excluding hydrogens is 355 g/mol. The third kappa shape index (κ3) is 5.14. The summed E-state index contributed by atoms with van der Waals surface area (Å²) in [5.41, 5.74) is 1.92. The molecule has 3 rings (SSSR count). The van der Waals surface area contributed by atoms with Crippen LogP contribution in [-0.4, -0.2) is 16.6 Å². The minimum atomic E-state index is -0.246. The number of halogens is 1. The molecule has 3 nitrogen and oxygen atoms in total. The van der Waals surface area contributed by atoms with Crippen LogP contribution in [0.1, 0.15) is 12.1 Å². The molecule has 6 heteroatoms. The van der Waals surface area contributed by atoms with Crippen molar-refractivity contribution in [3.63, 3.8) is 0 Å². The van der Waals surface area contributed by atoms with Gasteiger partial charge >= 0.3 is 0 Å². The Labute approximate surface area is 154 Å². The first-order chi connectivity index (χ1) is 12.2. The average molecular weight is 372 g/mol. The standard InChI is InChI=1S/C19H17FN2OS2/c20-16-8-4-5-9-17(16)24-11-10-18(23)21-12-15-13-25-19(22-15)14-6-2-1-3-7-14/h1-9,13H,10-12H2,(H,21,23). The maximum absolute atomic E-state index is 13.5. The van der Waals surface area contributed by atoms with Crippen molar-refractivity contribution < 1.29 is 9.18 Å². The van der Waals surface area contributed by atoms with Gasteiger partial charge in [0.25, 0.3) is 0 Å². The Morgan fingerprint density at radius 3 is 2.68 bits per heavy atom. The lowest BCUT2D eigenvalue weighted by Gasteiger charge is -2.04. The zero-order valence-corrected chi connectivity index (χ0v) is 15.1. The molecule has 1 N–H and O–H groups in total. The molecule has 0 unspecified atom stereocenters. The van der Waals surface area contributed by atoms with Gasteiger partial charge in [-0.2, -0.15) is 0 Å². The van der Waals surface area contributed by atoms with Crippen LogP contribution in [0, 0.1) is 5.82 Å². The number of nitrogens with one attached hydrogen (secondary N) is 1. The second-order valence-corrected chi connectivity index (χ2v) is 7.31. The second-order valence-electron chi connectivity index (χ2n) is 5.32. The Hall–Kier alpha value is -2.18. The fraction of sp³-hybridized carbons (Fsp3) is 0.158. The first kappa shape index (κ1) is 17.6. The number of benzene rings is 2. The lowest BCUT2D eigenvalue weighted by atomic mass is 10.2. The Kier molecular flexibility index (Phi) is 6.19. The fourth-order valence-corrected chi connectivity index (χ4v) is 3.91. The van der Waals surface area contributed by atoms with Crippen LogP contribution in [0.4, 0.5) is 4.39 Å². The van der Waals surface area contributed by atoms with Gasteiger partial charge in [-0.05, 0) is 12.1 Å². The van der Waals surface area contributed by atoms with E-state index >= 15 is 0 Å². The number of thiazole rings is 1. The van der Waals surface area contributed by atoms with Crippen molar-refractivity contribution in [2.24, 2.45) is 0 Å². The predicted octanol–water partition coefficient (Wildman–Crippen LogP) is 4.75. The second kappa shape index (κ2) is 8.78. The summed E-state index contributed by atoms with van der Waals surface area (Å²) in [5, 5.41) is 5.76. The number of rotatable bonds is 7. The van der Waals surface area contributed by atoms with Crippen LogP contribution < -0.4 is 5.32 Å². The third-order valence-electron chi connectivity index (χ3n) is 3.46. The molecule has 0 aliphatic heterocycles. The van der Waals surface area contributed by atoms with E-state index in [9.17, 15) is 9.18 Å². The van der Waals surface area contributed by atoms with E-state index in [2.05, 4.69) is 10.3 Å². The summed E-state index contributed by atoms with van der Waals surface area (Å²) < 4.78 is 13.5. The molecule has 1 amide bonds. The van der Waals surface area contributed by atoms with Crippen LogP contribution >= 0.6 is 23.1 Å². The van der Waals surface area contributed by atoms with Crippen molar-refractivity contribution in [2.45, 2.75) is 17.9 Å². The van der Waals surface area contributed by atoms with Gasteiger partial charge in [-0.1, -0.05) is 42.5 Å². The SMILES string of the molecule is O=C(CCSc1ccccc1F)NCc1csc(-c2ccccc2)n1. The predicted molar refractivity (Wildman–Crippen MR) is 101 cm³/mol. The highest BCUT2D eigenvalue weighted by Crippen LogP contribution is 2.23. The largest absolute Gasteiger partial charge is 0.350 e. The van der Waals surface area contributed by atoms with Crippen molar-refractivity contribution in [3.8, 4) is 10.6 Å². The van der Waals surface area contributed by atoms with E-state index in [0.717, 1.165) is 16.3 Å². The molecule has 0 saturated carbocycles. The molecule has 25 heavy (non-hydrogen) atoms. The lowest BCUT2D eigenvalue weighted by Crippen LogP contribution is -2.23. The van der Waals surface area contributed by atoms with Gasteiger partial charge in [0.15, 0.2) is 0 Å². The highest BCUT2D eigenvalue weighted by molar-refractivity contribution is 7.99. The number of carbonyl (C=O) groups is 1. The van der Waals surface area contributed by atoms with Crippen LogP contribution in [0.15, 0.2) is 64.9 Å². The number of aromatic nitrogens is 1. The first-order valence-corrected chi connectivity index (χ1v) is 9.73. The molecule has 0 radical (unpaired) electrons. The van der Waals surface area contributed by atoms with Gasteiger partial charge in [0.05, 0.1) is 12.2 Å². The van der Waals surface area contributed by atoms with Crippen molar-refractivity contribution in [1.82, 2.24) is 10.3 Å². The van der Waals surface area contributed by atoms with E-state index in [4.69, 9.17) is 0 Å². The van der Waals surface area contributed by atoms with Crippen LogP contribution in [0.3, 0.4) is 0 Å². The lowest BCUT2D eigenvalue weighted by molar-refractivity contribution is -0.120. The topological polar surface area (TPSA) is 42.0 Å². The number of thioether (sulfide) groups is 1. The summed E-state index contributed by atoms with van der Waals surface area (Å²) in [6, 6.07) is 16.5. The monoisotopic (exact) mass is 372 g/mol. The zero-order valence-electron chi connectivity index (χ0n) is 13.4. The van der Waals surface area contributed by atoms with Gasteiger partial charge in [-0.25, -0.2) is 9.37 Å². The molecule has 0 aliphatic carbocycles. The molecule has 0 aliphatic rings. The molecule has 0 atom stereocenters. The molecule has 3 aromatic rings. The molecule has 0 bridgehead atoms. The Balaban J connectivity index is 1.44. The minimum absolute atomic E-state index is 0.0573. The van der Waals surface area contributed by atoms with Crippen molar-refractivity contribution >= 4 is 29.0 Å². The van der Waals surface area contributed by atoms with E-state index in [-0.39, 0.29) is 11.7 Å². The van der Waals surface area contributed by atoms with E-state index in [1.165, 1.54) is 17.8 Å². The maximum Gasteiger partial charge on any atom is 0.221 e. The van der Waals surface area contributed by atoms with E-state index in [0.29, 0.717) is 23.6 Å². The Morgan fingerprint density at radius 2 is 1.88 bits per heavy atom. The summed E-state index contributed by atoms with van der Waals surface area (Å²) in [6.45, 7) is 0.409. The number of carbonyl (C=O) groups excluding carboxylic acids is 1. The van der Waals surface area contributed by atoms with Crippen LogP contribution in [0.2, 0.25) is 0 Å². The summed E-state index contributed by atoms with van der Waals surface area (Å²) >= 11 is 2.91. The van der Waals surface area contributed by atoms with E-state index in [1.54, 1.807) is 29.5 Å². The summed E-state index contributed by atoms with van der Waals surface area (Å²) in [5.74, 6) is 0.237.